The Bertz CT molecular complexity index is 408. The predicted octanol–water partition coefficient (Wildman–Crippen LogP) is 2.14. The summed E-state index contributed by atoms with van der Waals surface area (Å²) in [5.41, 5.74) is 2.73. The van der Waals surface area contributed by atoms with Crippen molar-refractivity contribution in [3.63, 3.8) is 0 Å². The first-order valence-electron chi connectivity index (χ1n) is 7.03. The van der Waals surface area contributed by atoms with Gasteiger partial charge in [0, 0.05) is 36.7 Å². The summed E-state index contributed by atoms with van der Waals surface area (Å²) < 4.78 is 1.16. The van der Waals surface area contributed by atoms with E-state index in [1.807, 2.05) is 0 Å². The van der Waals surface area contributed by atoms with Crippen LogP contribution in [0.5, 0.6) is 0 Å². The second-order valence-corrected chi connectivity index (χ2v) is 6.29. The Morgan fingerprint density at radius 2 is 2.32 bits per heavy atom. The Morgan fingerprint density at radius 1 is 1.47 bits per heavy atom. The standard InChI is InChI=1S/C15H24BrN3/c1-12-3-4-14(16)9-13(12)10-17-6-5-15-11-18-7-8-19(15)2/h3-4,9,15,17-18H,5-8,10-11H2,1-2H3. The lowest BCUT2D eigenvalue weighted by molar-refractivity contribution is 0.189. The molecule has 0 amide bonds. The number of benzene rings is 1. The zero-order chi connectivity index (χ0) is 13.7. The predicted molar refractivity (Wildman–Crippen MR) is 84.5 cm³/mol. The molecule has 0 spiro atoms. The molecule has 1 aromatic rings. The molecule has 1 saturated heterocycles. The molecule has 1 heterocycles. The Kier molecular flexibility index (Phi) is 5.82. The molecule has 0 aliphatic carbocycles. The molecule has 1 atom stereocenters. The molecule has 1 fully saturated rings. The number of aryl methyl sites for hydroxylation is 1. The van der Waals surface area contributed by atoms with Crippen molar-refractivity contribution in [2.24, 2.45) is 0 Å². The highest BCUT2D eigenvalue weighted by Gasteiger charge is 2.17. The van der Waals surface area contributed by atoms with Crippen molar-refractivity contribution in [3.05, 3.63) is 33.8 Å². The minimum absolute atomic E-state index is 0.671. The third-order valence-corrected chi connectivity index (χ3v) is 4.42. The van der Waals surface area contributed by atoms with E-state index in [2.05, 4.69) is 63.6 Å². The topological polar surface area (TPSA) is 27.3 Å². The fourth-order valence-corrected chi connectivity index (χ4v) is 2.92. The molecule has 19 heavy (non-hydrogen) atoms. The van der Waals surface area contributed by atoms with Gasteiger partial charge in [-0.3, -0.25) is 0 Å². The molecule has 0 aromatic heterocycles. The lowest BCUT2D eigenvalue weighted by Gasteiger charge is -2.33. The van der Waals surface area contributed by atoms with Gasteiger partial charge in [0.1, 0.15) is 0 Å². The zero-order valence-electron chi connectivity index (χ0n) is 11.9. The highest BCUT2D eigenvalue weighted by molar-refractivity contribution is 9.10. The SMILES string of the molecule is Cc1ccc(Br)cc1CNCCC1CNCCN1C. The normalized spacial score (nSPS) is 20.7. The summed E-state index contributed by atoms with van der Waals surface area (Å²) in [4.78, 5) is 2.46. The summed E-state index contributed by atoms with van der Waals surface area (Å²) in [5, 5.41) is 7.03. The molecular weight excluding hydrogens is 302 g/mol. The average molecular weight is 326 g/mol. The van der Waals surface area contributed by atoms with E-state index in [4.69, 9.17) is 0 Å². The zero-order valence-corrected chi connectivity index (χ0v) is 13.5. The molecule has 106 valence electrons. The summed E-state index contributed by atoms with van der Waals surface area (Å²) in [6, 6.07) is 7.14. The number of likely N-dealkylation sites (N-methyl/N-ethyl adjacent to an activating group) is 1. The molecule has 1 unspecified atom stereocenters. The summed E-state index contributed by atoms with van der Waals surface area (Å²) >= 11 is 3.53. The summed E-state index contributed by atoms with van der Waals surface area (Å²) in [6.45, 7) is 7.60. The van der Waals surface area contributed by atoms with Crippen molar-refractivity contribution in [1.29, 1.82) is 0 Å². The second kappa shape index (κ2) is 7.39. The van der Waals surface area contributed by atoms with Gasteiger partial charge in [-0.15, -0.1) is 0 Å². The number of nitrogens with zero attached hydrogens (tertiary/aromatic N) is 1. The van der Waals surface area contributed by atoms with Gasteiger partial charge in [0.25, 0.3) is 0 Å². The molecule has 0 bridgehead atoms. The molecule has 4 heteroatoms. The molecule has 3 nitrogen and oxygen atoms in total. The molecule has 1 aromatic carbocycles. The van der Waals surface area contributed by atoms with Crippen LogP contribution < -0.4 is 10.6 Å². The first-order chi connectivity index (χ1) is 9.16. The van der Waals surface area contributed by atoms with E-state index in [0.29, 0.717) is 6.04 Å². The van der Waals surface area contributed by atoms with Crippen LogP contribution in [0.15, 0.2) is 22.7 Å². The third kappa shape index (κ3) is 4.56. The molecule has 0 radical (unpaired) electrons. The van der Waals surface area contributed by atoms with Gasteiger partial charge in [0.05, 0.1) is 0 Å². The van der Waals surface area contributed by atoms with Gasteiger partial charge >= 0.3 is 0 Å². The maximum Gasteiger partial charge on any atom is 0.0230 e. The number of halogens is 1. The number of hydrogen-bond acceptors (Lipinski definition) is 3. The monoisotopic (exact) mass is 325 g/mol. The summed E-state index contributed by atoms with van der Waals surface area (Å²) in [6.07, 6.45) is 1.20. The van der Waals surface area contributed by atoms with Gasteiger partial charge in [-0.25, -0.2) is 0 Å². The van der Waals surface area contributed by atoms with Crippen LogP contribution in [0, 0.1) is 6.92 Å². The quantitative estimate of drug-likeness (QED) is 0.812. The fraction of sp³-hybridized carbons (Fsp3) is 0.600. The Balaban J connectivity index is 1.73. The minimum Gasteiger partial charge on any atom is -0.314 e. The van der Waals surface area contributed by atoms with Crippen LogP contribution in [-0.4, -0.2) is 44.2 Å². The number of hydrogen-bond donors (Lipinski definition) is 2. The van der Waals surface area contributed by atoms with Crippen LogP contribution in [-0.2, 0) is 6.54 Å². The van der Waals surface area contributed by atoms with Crippen molar-refractivity contribution >= 4 is 15.9 Å². The molecule has 1 aliphatic heterocycles. The van der Waals surface area contributed by atoms with Crippen LogP contribution in [0.3, 0.4) is 0 Å². The van der Waals surface area contributed by atoms with E-state index < -0.39 is 0 Å². The summed E-state index contributed by atoms with van der Waals surface area (Å²) in [5.74, 6) is 0. The van der Waals surface area contributed by atoms with Gasteiger partial charge < -0.3 is 15.5 Å². The van der Waals surface area contributed by atoms with Crippen molar-refractivity contribution in [3.8, 4) is 0 Å². The van der Waals surface area contributed by atoms with E-state index in [1.54, 1.807) is 0 Å². The van der Waals surface area contributed by atoms with Crippen LogP contribution in [0.1, 0.15) is 17.5 Å². The third-order valence-electron chi connectivity index (χ3n) is 3.93. The van der Waals surface area contributed by atoms with E-state index in [0.717, 1.165) is 37.2 Å². The maximum absolute atomic E-state index is 3.56. The average Bonchev–Trinajstić information content (AvgIpc) is 2.40. The van der Waals surface area contributed by atoms with Crippen LogP contribution in [0.25, 0.3) is 0 Å². The lowest BCUT2D eigenvalue weighted by atomic mass is 10.1. The molecule has 0 saturated carbocycles. The number of nitrogens with one attached hydrogen (secondary N) is 2. The second-order valence-electron chi connectivity index (χ2n) is 5.37. The van der Waals surface area contributed by atoms with Crippen LogP contribution >= 0.6 is 15.9 Å². The van der Waals surface area contributed by atoms with E-state index in [-0.39, 0.29) is 0 Å². The number of rotatable bonds is 5. The van der Waals surface area contributed by atoms with Gasteiger partial charge in [-0.1, -0.05) is 22.0 Å². The maximum atomic E-state index is 3.56. The first-order valence-corrected chi connectivity index (χ1v) is 7.83. The van der Waals surface area contributed by atoms with E-state index >= 15 is 0 Å². The smallest absolute Gasteiger partial charge is 0.0230 e. The highest BCUT2D eigenvalue weighted by atomic mass is 79.9. The Labute approximate surface area is 124 Å². The molecule has 2 rings (SSSR count). The minimum atomic E-state index is 0.671. The molecule has 1 aliphatic rings. The van der Waals surface area contributed by atoms with Crippen LogP contribution in [0.4, 0.5) is 0 Å². The van der Waals surface area contributed by atoms with Crippen molar-refractivity contribution < 1.29 is 0 Å². The Morgan fingerprint density at radius 3 is 3.11 bits per heavy atom. The van der Waals surface area contributed by atoms with Crippen molar-refractivity contribution in [2.45, 2.75) is 25.9 Å². The van der Waals surface area contributed by atoms with Gasteiger partial charge in [-0.05, 0) is 50.2 Å². The number of piperazine rings is 1. The lowest BCUT2D eigenvalue weighted by Crippen LogP contribution is -2.50. The van der Waals surface area contributed by atoms with Crippen LogP contribution in [0.2, 0.25) is 0 Å². The Hall–Kier alpha value is -0.420. The summed E-state index contributed by atoms with van der Waals surface area (Å²) in [7, 11) is 2.23. The first kappa shape index (κ1) is 15.0. The molecule has 2 N–H and O–H groups in total. The fourth-order valence-electron chi connectivity index (χ4n) is 2.51. The molecular formula is C15H24BrN3. The van der Waals surface area contributed by atoms with Gasteiger partial charge in [0.2, 0.25) is 0 Å². The van der Waals surface area contributed by atoms with Gasteiger partial charge in [0.15, 0.2) is 0 Å². The van der Waals surface area contributed by atoms with E-state index in [1.165, 1.54) is 17.5 Å². The van der Waals surface area contributed by atoms with Gasteiger partial charge in [-0.2, -0.15) is 0 Å². The largest absolute Gasteiger partial charge is 0.314 e. The van der Waals surface area contributed by atoms with E-state index in [9.17, 15) is 0 Å². The highest BCUT2D eigenvalue weighted by Crippen LogP contribution is 2.15. The van der Waals surface area contributed by atoms with Crippen molar-refractivity contribution in [1.82, 2.24) is 15.5 Å². The van der Waals surface area contributed by atoms with Crippen molar-refractivity contribution in [2.75, 3.05) is 33.2 Å².